The summed E-state index contributed by atoms with van der Waals surface area (Å²) in [6.45, 7) is 2.59. The van der Waals surface area contributed by atoms with Gasteiger partial charge < -0.3 is 10.6 Å². The second-order valence-electron chi connectivity index (χ2n) is 6.15. The van der Waals surface area contributed by atoms with E-state index < -0.39 is 0 Å². The van der Waals surface area contributed by atoms with E-state index >= 15 is 0 Å². The molecular formula is C15H28N2O. The summed E-state index contributed by atoms with van der Waals surface area (Å²) < 4.78 is 0. The zero-order chi connectivity index (χ0) is 12.8. The summed E-state index contributed by atoms with van der Waals surface area (Å²) in [5.74, 6) is 1.58. The predicted octanol–water partition coefficient (Wildman–Crippen LogP) is 2.54. The Morgan fingerprint density at radius 2 is 1.67 bits per heavy atom. The first kappa shape index (κ1) is 13.9. The first-order chi connectivity index (χ1) is 8.79. The molecule has 2 rings (SSSR count). The molecule has 1 aliphatic carbocycles. The van der Waals surface area contributed by atoms with E-state index in [0.717, 1.165) is 32.5 Å². The first-order valence-electron chi connectivity index (χ1n) is 7.77. The molecular weight excluding hydrogens is 224 g/mol. The maximum Gasteiger partial charge on any atom is 0.222 e. The quantitative estimate of drug-likeness (QED) is 0.785. The summed E-state index contributed by atoms with van der Waals surface area (Å²) in [6.07, 6.45) is 11.0. The van der Waals surface area contributed by atoms with Crippen molar-refractivity contribution in [3.8, 4) is 0 Å². The van der Waals surface area contributed by atoms with Crippen molar-refractivity contribution >= 4 is 5.91 Å². The molecule has 2 N–H and O–H groups in total. The van der Waals surface area contributed by atoms with E-state index in [2.05, 4.69) is 4.90 Å². The van der Waals surface area contributed by atoms with Gasteiger partial charge in [-0.25, -0.2) is 0 Å². The summed E-state index contributed by atoms with van der Waals surface area (Å²) in [7, 11) is 0. The summed E-state index contributed by atoms with van der Waals surface area (Å²) in [4.78, 5) is 14.4. The van der Waals surface area contributed by atoms with Crippen LogP contribution in [0.25, 0.3) is 0 Å². The Bertz CT molecular complexity index is 259. The standard InChI is InChI=1S/C15H28N2O/c16-11-14-8-5-9-17(12-14)15(18)10-13-6-3-1-2-4-7-13/h13-14H,1-12,16H2. The highest BCUT2D eigenvalue weighted by Crippen LogP contribution is 2.27. The molecule has 0 aromatic carbocycles. The van der Waals surface area contributed by atoms with E-state index in [1.807, 2.05) is 0 Å². The Balaban J connectivity index is 1.79. The van der Waals surface area contributed by atoms with E-state index in [9.17, 15) is 4.79 Å². The fourth-order valence-electron chi connectivity index (χ4n) is 3.43. The van der Waals surface area contributed by atoms with Crippen LogP contribution >= 0.6 is 0 Å². The summed E-state index contributed by atoms with van der Waals surface area (Å²) >= 11 is 0. The van der Waals surface area contributed by atoms with Gasteiger partial charge in [0.2, 0.25) is 5.91 Å². The maximum atomic E-state index is 12.3. The predicted molar refractivity (Wildman–Crippen MR) is 74.2 cm³/mol. The molecule has 0 bridgehead atoms. The van der Waals surface area contributed by atoms with E-state index in [1.54, 1.807) is 0 Å². The van der Waals surface area contributed by atoms with Gasteiger partial charge in [0.05, 0.1) is 0 Å². The molecule has 18 heavy (non-hydrogen) atoms. The van der Waals surface area contributed by atoms with Crippen molar-refractivity contribution in [2.24, 2.45) is 17.6 Å². The molecule has 2 fully saturated rings. The van der Waals surface area contributed by atoms with E-state index in [0.29, 0.717) is 17.7 Å². The molecule has 0 spiro atoms. The number of hydrogen-bond acceptors (Lipinski definition) is 2. The topological polar surface area (TPSA) is 46.3 Å². The number of hydrogen-bond donors (Lipinski definition) is 1. The van der Waals surface area contributed by atoms with Crippen molar-refractivity contribution in [1.82, 2.24) is 4.90 Å². The molecule has 1 heterocycles. The maximum absolute atomic E-state index is 12.3. The van der Waals surface area contributed by atoms with Crippen LogP contribution in [-0.2, 0) is 4.79 Å². The highest BCUT2D eigenvalue weighted by molar-refractivity contribution is 5.76. The Kier molecular flexibility index (Phi) is 5.48. The molecule has 1 atom stereocenters. The van der Waals surface area contributed by atoms with E-state index in [-0.39, 0.29) is 0 Å². The van der Waals surface area contributed by atoms with Crippen LogP contribution in [-0.4, -0.2) is 30.4 Å². The van der Waals surface area contributed by atoms with Crippen molar-refractivity contribution in [1.29, 1.82) is 0 Å². The second kappa shape index (κ2) is 7.13. The third-order valence-corrected chi connectivity index (χ3v) is 4.64. The van der Waals surface area contributed by atoms with Gasteiger partial charge in [-0.1, -0.05) is 25.7 Å². The van der Waals surface area contributed by atoms with Crippen molar-refractivity contribution in [2.45, 2.75) is 57.8 Å². The Morgan fingerprint density at radius 3 is 2.33 bits per heavy atom. The Labute approximate surface area is 111 Å². The SMILES string of the molecule is NCC1CCCN(C(=O)CC2CCCCCC2)C1. The Hall–Kier alpha value is -0.570. The lowest BCUT2D eigenvalue weighted by molar-refractivity contribution is -0.134. The summed E-state index contributed by atoms with van der Waals surface area (Å²) in [5.41, 5.74) is 5.73. The molecule has 1 unspecified atom stereocenters. The van der Waals surface area contributed by atoms with Crippen molar-refractivity contribution in [3.63, 3.8) is 0 Å². The lowest BCUT2D eigenvalue weighted by Crippen LogP contribution is -2.42. The van der Waals surface area contributed by atoms with Crippen LogP contribution in [0.4, 0.5) is 0 Å². The monoisotopic (exact) mass is 252 g/mol. The largest absolute Gasteiger partial charge is 0.342 e. The highest BCUT2D eigenvalue weighted by Gasteiger charge is 2.25. The lowest BCUT2D eigenvalue weighted by atomic mass is 9.94. The van der Waals surface area contributed by atoms with Crippen molar-refractivity contribution < 1.29 is 4.79 Å². The van der Waals surface area contributed by atoms with Crippen LogP contribution < -0.4 is 5.73 Å². The van der Waals surface area contributed by atoms with Gasteiger partial charge in [-0.3, -0.25) is 4.79 Å². The number of carbonyl (C=O) groups excluding carboxylic acids is 1. The molecule has 104 valence electrons. The first-order valence-corrected chi connectivity index (χ1v) is 7.77. The van der Waals surface area contributed by atoms with Gasteiger partial charge in [-0.05, 0) is 44.1 Å². The molecule has 0 radical (unpaired) electrons. The van der Waals surface area contributed by atoms with Gasteiger partial charge in [0.1, 0.15) is 0 Å². The molecule has 3 nitrogen and oxygen atoms in total. The van der Waals surface area contributed by atoms with Crippen LogP contribution in [0.3, 0.4) is 0 Å². The van der Waals surface area contributed by atoms with Gasteiger partial charge in [0, 0.05) is 19.5 Å². The van der Waals surface area contributed by atoms with Gasteiger partial charge in [-0.2, -0.15) is 0 Å². The van der Waals surface area contributed by atoms with Crippen LogP contribution in [0, 0.1) is 11.8 Å². The van der Waals surface area contributed by atoms with E-state index in [4.69, 9.17) is 5.73 Å². The fraction of sp³-hybridized carbons (Fsp3) is 0.933. The molecule has 1 aliphatic heterocycles. The molecule has 1 saturated heterocycles. The number of likely N-dealkylation sites (tertiary alicyclic amines) is 1. The molecule has 0 aromatic heterocycles. The van der Waals surface area contributed by atoms with Crippen molar-refractivity contribution in [2.75, 3.05) is 19.6 Å². The fourth-order valence-corrected chi connectivity index (χ4v) is 3.43. The van der Waals surface area contributed by atoms with Crippen LogP contribution in [0.2, 0.25) is 0 Å². The van der Waals surface area contributed by atoms with Gasteiger partial charge in [-0.15, -0.1) is 0 Å². The summed E-state index contributed by atoms with van der Waals surface area (Å²) in [6, 6.07) is 0. The van der Waals surface area contributed by atoms with Crippen LogP contribution in [0.5, 0.6) is 0 Å². The zero-order valence-electron chi connectivity index (χ0n) is 11.6. The number of piperidine rings is 1. The number of nitrogens with zero attached hydrogens (tertiary/aromatic N) is 1. The van der Waals surface area contributed by atoms with Crippen LogP contribution in [0.1, 0.15) is 57.8 Å². The number of nitrogens with two attached hydrogens (primary N) is 1. The smallest absolute Gasteiger partial charge is 0.222 e. The highest BCUT2D eigenvalue weighted by atomic mass is 16.2. The number of carbonyl (C=O) groups is 1. The van der Waals surface area contributed by atoms with Crippen LogP contribution in [0.15, 0.2) is 0 Å². The summed E-state index contributed by atoms with van der Waals surface area (Å²) in [5, 5.41) is 0. The average molecular weight is 252 g/mol. The third-order valence-electron chi connectivity index (χ3n) is 4.64. The third kappa shape index (κ3) is 3.98. The molecule has 1 saturated carbocycles. The van der Waals surface area contributed by atoms with Gasteiger partial charge in [0.25, 0.3) is 0 Å². The minimum atomic E-state index is 0.389. The zero-order valence-corrected chi connectivity index (χ0v) is 11.6. The van der Waals surface area contributed by atoms with Crippen molar-refractivity contribution in [3.05, 3.63) is 0 Å². The minimum absolute atomic E-state index is 0.389. The molecule has 0 aromatic rings. The Morgan fingerprint density at radius 1 is 1.00 bits per heavy atom. The molecule has 1 amide bonds. The van der Waals surface area contributed by atoms with E-state index in [1.165, 1.54) is 44.9 Å². The molecule has 3 heteroatoms. The number of amides is 1. The second-order valence-corrected chi connectivity index (χ2v) is 6.15. The average Bonchev–Trinajstić information content (AvgIpc) is 2.67. The van der Waals surface area contributed by atoms with Gasteiger partial charge >= 0.3 is 0 Å². The molecule has 2 aliphatic rings. The minimum Gasteiger partial charge on any atom is -0.342 e. The number of rotatable bonds is 3. The lowest BCUT2D eigenvalue weighted by Gasteiger charge is -2.33. The normalized spacial score (nSPS) is 26.9. The van der Waals surface area contributed by atoms with Gasteiger partial charge in [0.15, 0.2) is 0 Å².